The third-order valence-corrected chi connectivity index (χ3v) is 1.81. The summed E-state index contributed by atoms with van der Waals surface area (Å²) in [6, 6.07) is 0. The lowest BCUT2D eigenvalue weighted by Gasteiger charge is -1.94. The van der Waals surface area contributed by atoms with Crippen LogP contribution in [-0.2, 0) is 4.79 Å². The summed E-state index contributed by atoms with van der Waals surface area (Å²) in [6.45, 7) is 3.96. The minimum absolute atomic E-state index is 0. The molecule has 1 atom stereocenters. The van der Waals surface area contributed by atoms with E-state index in [0.717, 1.165) is 6.42 Å². The summed E-state index contributed by atoms with van der Waals surface area (Å²) in [5.41, 5.74) is 0.0891. The molecule has 0 aromatic carbocycles. The lowest BCUT2D eigenvalue weighted by Crippen LogP contribution is -2.02. The van der Waals surface area contributed by atoms with Gasteiger partial charge in [-0.15, -0.1) is 12.4 Å². The molecule has 1 aliphatic carbocycles. The topological polar surface area (TPSA) is 37.3 Å². The molecular weight excluding hydrogens is 140 g/mol. The molecule has 0 heterocycles. The van der Waals surface area contributed by atoms with Crippen molar-refractivity contribution in [2.75, 3.05) is 0 Å². The molecule has 0 saturated heterocycles. The van der Waals surface area contributed by atoms with E-state index in [9.17, 15) is 4.79 Å². The van der Waals surface area contributed by atoms with E-state index in [0.29, 0.717) is 0 Å². The Morgan fingerprint density at radius 2 is 2.00 bits per heavy atom. The zero-order valence-electron chi connectivity index (χ0n) is 5.55. The van der Waals surface area contributed by atoms with Gasteiger partial charge in [0.15, 0.2) is 0 Å². The van der Waals surface area contributed by atoms with Crippen LogP contribution in [0.4, 0.5) is 0 Å². The monoisotopic (exact) mass is 150 g/mol. The van der Waals surface area contributed by atoms with E-state index in [-0.39, 0.29) is 23.7 Å². The highest BCUT2D eigenvalue weighted by Gasteiger charge is 2.50. The molecule has 9 heavy (non-hydrogen) atoms. The van der Waals surface area contributed by atoms with Gasteiger partial charge in [-0.3, -0.25) is 4.79 Å². The van der Waals surface area contributed by atoms with E-state index in [1.165, 1.54) is 0 Å². The normalized spacial score (nSPS) is 28.4. The first-order chi connectivity index (χ1) is 3.54. The molecule has 0 amide bonds. The van der Waals surface area contributed by atoms with E-state index in [1.807, 2.05) is 13.8 Å². The number of aliphatic carboxylic acids is 1. The van der Waals surface area contributed by atoms with Gasteiger partial charge in [-0.1, -0.05) is 13.8 Å². The summed E-state index contributed by atoms with van der Waals surface area (Å²) in [6.07, 6.45) is 0.850. The van der Waals surface area contributed by atoms with Crippen LogP contribution in [-0.4, -0.2) is 11.1 Å². The Kier molecular flexibility index (Phi) is 2.12. The largest absolute Gasteiger partial charge is 0.481 e. The smallest absolute Gasteiger partial charge is 0.307 e. The third-order valence-electron chi connectivity index (χ3n) is 1.81. The fourth-order valence-corrected chi connectivity index (χ4v) is 0.889. The Balaban J connectivity index is 0.000000640. The number of carbonyl (C=O) groups is 1. The molecular formula is C6H11ClO2. The highest BCUT2D eigenvalue weighted by Crippen LogP contribution is 2.51. The van der Waals surface area contributed by atoms with E-state index in [4.69, 9.17) is 5.11 Å². The molecule has 0 radical (unpaired) electrons. The minimum Gasteiger partial charge on any atom is -0.481 e. The summed E-state index contributed by atoms with van der Waals surface area (Å²) in [7, 11) is 0. The second-order valence-electron chi connectivity index (χ2n) is 3.08. The molecule has 1 aliphatic rings. The second-order valence-corrected chi connectivity index (χ2v) is 3.08. The lowest BCUT2D eigenvalue weighted by atomic mass is 10.1. The molecule has 1 rings (SSSR count). The van der Waals surface area contributed by atoms with E-state index >= 15 is 0 Å². The number of halogens is 1. The van der Waals surface area contributed by atoms with Crippen LogP contribution in [0, 0.1) is 11.3 Å². The average Bonchev–Trinajstić information content (AvgIpc) is 2.13. The molecule has 0 aromatic heterocycles. The fourth-order valence-electron chi connectivity index (χ4n) is 0.889. The lowest BCUT2D eigenvalue weighted by molar-refractivity contribution is -0.139. The molecule has 0 aromatic rings. The molecule has 0 bridgehead atoms. The van der Waals surface area contributed by atoms with Gasteiger partial charge in [-0.2, -0.15) is 0 Å². The highest BCUT2D eigenvalue weighted by molar-refractivity contribution is 5.85. The van der Waals surface area contributed by atoms with Crippen LogP contribution in [0.25, 0.3) is 0 Å². The van der Waals surface area contributed by atoms with Gasteiger partial charge in [0, 0.05) is 0 Å². The third kappa shape index (κ3) is 1.58. The van der Waals surface area contributed by atoms with Gasteiger partial charge in [0.1, 0.15) is 0 Å². The highest BCUT2D eigenvalue weighted by atomic mass is 35.5. The SMILES string of the molecule is CC1(C)C[C@@H]1C(=O)O.Cl. The Morgan fingerprint density at radius 1 is 1.67 bits per heavy atom. The van der Waals surface area contributed by atoms with Crippen LogP contribution in [0.5, 0.6) is 0 Å². The van der Waals surface area contributed by atoms with Crippen LogP contribution < -0.4 is 0 Å². The number of hydrogen-bond acceptors (Lipinski definition) is 1. The average molecular weight is 151 g/mol. The first-order valence-corrected chi connectivity index (χ1v) is 2.77. The zero-order valence-corrected chi connectivity index (χ0v) is 6.36. The van der Waals surface area contributed by atoms with Gasteiger partial charge < -0.3 is 5.11 Å². The summed E-state index contributed by atoms with van der Waals surface area (Å²) < 4.78 is 0. The maximum absolute atomic E-state index is 10.2. The quantitative estimate of drug-likeness (QED) is 0.616. The second kappa shape index (κ2) is 2.18. The van der Waals surface area contributed by atoms with Gasteiger partial charge in [0.25, 0.3) is 0 Å². The Labute approximate surface area is 60.7 Å². The summed E-state index contributed by atoms with van der Waals surface area (Å²) in [4.78, 5) is 10.2. The van der Waals surface area contributed by atoms with Crippen molar-refractivity contribution in [2.45, 2.75) is 20.3 Å². The molecule has 3 heteroatoms. The van der Waals surface area contributed by atoms with Crippen molar-refractivity contribution in [3.8, 4) is 0 Å². The van der Waals surface area contributed by atoms with Crippen molar-refractivity contribution in [3.63, 3.8) is 0 Å². The Morgan fingerprint density at radius 3 is 2.00 bits per heavy atom. The molecule has 54 valence electrons. The summed E-state index contributed by atoms with van der Waals surface area (Å²) in [5.74, 6) is -0.711. The fraction of sp³-hybridized carbons (Fsp3) is 0.833. The van der Waals surface area contributed by atoms with Crippen molar-refractivity contribution in [3.05, 3.63) is 0 Å². The predicted molar refractivity (Wildman–Crippen MR) is 36.8 cm³/mol. The van der Waals surface area contributed by atoms with Gasteiger partial charge in [-0.05, 0) is 11.8 Å². The van der Waals surface area contributed by atoms with E-state index < -0.39 is 5.97 Å². The van der Waals surface area contributed by atoms with Crippen LogP contribution in [0.3, 0.4) is 0 Å². The minimum atomic E-state index is -0.644. The number of hydrogen-bond donors (Lipinski definition) is 1. The van der Waals surface area contributed by atoms with Gasteiger partial charge >= 0.3 is 5.97 Å². The predicted octanol–water partition coefficient (Wildman–Crippen LogP) is 1.54. The molecule has 0 unspecified atom stereocenters. The van der Waals surface area contributed by atoms with Crippen molar-refractivity contribution >= 4 is 18.4 Å². The number of carboxylic acid groups (broad SMARTS) is 1. The standard InChI is InChI=1S/C6H10O2.ClH/c1-6(2)3-4(6)5(7)8;/h4H,3H2,1-2H3,(H,7,8);1H/t4-;/m1./s1. The summed E-state index contributed by atoms with van der Waals surface area (Å²) >= 11 is 0. The molecule has 1 fully saturated rings. The Hall–Kier alpha value is -0.240. The maximum atomic E-state index is 10.2. The molecule has 0 spiro atoms. The molecule has 1 N–H and O–H groups in total. The first kappa shape index (κ1) is 8.76. The number of rotatable bonds is 1. The van der Waals surface area contributed by atoms with Crippen LogP contribution >= 0.6 is 12.4 Å². The molecule has 0 aliphatic heterocycles. The van der Waals surface area contributed by atoms with Crippen LogP contribution in [0.1, 0.15) is 20.3 Å². The molecule has 1 saturated carbocycles. The van der Waals surface area contributed by atoms with Crippen molar-refractivity contribution in [1.29, 1.82) is 0 Å². The van der Waals surface area contributed by atoms with Gasteiger partial charge in [-0.25, -0.2) is 0 Å². The van der Waals surface area contributed by atoms with Crippen LogP contribution in [0.15, 0.2) is 0 Å². The Bertz CT molecular complexity index is 131. The van der Waals surface area contributed by atoms with Crippen LogP contribution in [0.2, 0.25) is 0 Å². The summed E-state index contributed by atoms with van der Waals surface area (Å²) in [5, 5.41) is 8.39. The zero-order chi connectivity index (χ0) is 6.36. The molecule has 2 nitrogen and oxygen atoms in total. The van der Waals surface area contributed by atoms with Crippen molar-refractivity contribution < 1.29 is 9.90 Å². The van der Waals surface area contributed by atoms with Crippen molar-refractivity contribution in [1.82, 2.24) is 0 Å². The maximum Gasteiger partial charge on any atom is 0.307 e. The van der Waals surface area contributed by atoms with Gasteiger partial charge in [0.2, 0.25) is 0 Å². The van der Waals surface area contributed by atoms with Gasteiger partial charge in [0.05, 0.1) is 5.92 Å². The van der Waals surface area contributed by atoms with E-state index in [2.05, 4.69) is 0 Å². The van der Waals surface area contributed by atoms with Crippen molar-refractivity contribution in [2.24, 2.45) is 11.3 Å². The van der Waals surface area contributed by atoms with E-state index in [1.54, 1.807) is 0 Å². The first-order valence-electron chi connectivity index (χ1n) is 2.77. The number of carboxylic acids is 1.